The molecule has 0 aromatic heterocycles. The van der Waals surface area contributed by atoms with E-state index in [0.29, 0.717) is 0 Å². The third kappa shape index (κ3) is 2.60. The van der Waals surface area contributed by atoms with Crippen LogP contribution in [0.15, 0.2) is 48.5 Å². The van der Waals surface area contributed by atoms with Crippen molar-refractivity contribution in [3.63, 3.8) is 0 Å². The van der Waals surface area contributed by atoms with E-state index < -0.39 is 11.6 Å². The van der Waals surface area contributed by atoms with E-state index in [1.165, 1.54) is 0 Å². The Hall–Kier alpha value is -2.82. The Kier molecular flexibility index (Phi) is 3.93. The molecule has 2 fully saturated rings. The van der Waals surface area contributed by atoms with Crippen molar-refractivity contribution in [3.05, 3.63) is 59.7 Å². The van der Waals surface area contributed by atoms with Gasteiger partial charge in [0.1, 0.15) is 11.7 Å². The molecule has 5 heteroatoms. The quantitative estimate of drug-likeness (QED) is 0.785. The van der Waals surface area contributed by atoms with E-state index in [0.717, 1.165) is 48.2 Å². The zero-order valence-corrected chi connectivity index (χ0v) is 15.9. The fourth-order valence-electron chi connectivity index (χ4n) is 5.30. The summed E-state index contributed by atoms with van der Waals surface area (Å²) < 4.78 is 6.36. The molecule has 144 valence electrons. The van der Waals surface area contributed by atoms with E-state index in [1.54, 1.807) is 0 Å². The number of rotatable bonds is 2. The van der Waals surface area contributed by atoms with Crippen LogP contribution in [0.1, 0.15) is 42.7 Å². The molecule has 1 saturated heterocycles. The second-order valence-corrected chi connectivity index (χ2v) is 8.23. The first-order valence-electron chi connectivity index (χ1n) is 10.0. The smallest absolute Gasteiger partial charge is 0.237 e. The molecular weight excluding hydrogens is 352 g/mol. The zero-order valence-electron chi connectivity index (χ0n) is 15.9. The summed E-state index contributed by atoms with van der Waals surface area (Å²) in [5.74, 6) is -0.501. The molecule has 28 heavy (non-hydrogen) atoms. The Labute approximate surface area is 164 Å². The molecule has 2 N–H and O–H groups in total. The number of ether oxygens (including phenoxy) is 1. The summed E-state index contributed by atoms with van der Waals surface area (Å²) in [6.45, 7) is 1.98. The summed E-state index contributed by atoms with van der Waals surface area (Å²) in [5, 5.41) is 6.08. The molecule has 2 aromatic carbocycles. The lowest BCUT2D eigenvalue weighted by atomic mass is 9.62. The van der Waals surface area contributed by atoms with Gasteiger partial charge in [0, 0.05) is 23.9 Å². The van der Waals surface area contributed by atoms with Gasteiger partial charge in [-0.15, -0.1) is 0 Å². The monoisotopic (exact) mass is 376 g/mol. The normalized spacial score (nSPS) is 30.3. The Balaban J connectivity index is 1.55. The number of fused-ring (bicyclic) bond motifs is 2. The summed E-state index contributed by atoms with van der Waals surface area (Å²) in [5.41, 5.74) is 2.09. The second-order valence-electron chi connectivity index (χ2n) is 8.23. The maximum Gasteiger partial charge on any atom is 0.237 e. The summed E-state index contributed by atoms with van der Waals surface area (Å²) in [6.07, 6.45) is 3.86. The summed E-state index contributed by atoms with van der Waals surface area (Å²) in [6, 6.07) is 15.5. The number of hydrogen-bond acceptors (Lipinski definition) is 3. The molecule has 1 aliphatic carbocycles. The number of amides is 2. The van der Waals surface area contributed by atoms with Gasteiger partial charge in [-0.05, 0) is 49.1 Å². The first kappa shape index (κ1) is 17.3. The fourth-order valence-corrected chi connectivity index (χ4v) is 5.30. The third-order valence-electron chi connectivity index (χ3n) is 6.46. The van der Waals surface area contributed by atoms with Crippen molar-refractivity contribution in [1.82, 2.24) is 5.32 Å². The van der Waals surface area contributed by atoms with Crippen LogP contribution in [-0.4, -0.2) is 17.5 Å². The molecule has 2 amide bonds. The zero-order chi connectivity index (χ0) is 19.3. The van der Waals surface area contributed by atoms with Gasteiger partial charge < -0.3 is 15.4 Å². The average molecular weight is 376 g/mol. The van der Waals surface area contributed by atoms with Gasteiger partial charge in [0.2, 0.25) is 11.8 Å². The van der Waals surface area contributed by atoms with Gasteiger partial charge in [0.15, 0.2) is 5.72 Å². The van der Waals surface area contributed by atoms with E-state index in [1.807, 2.05) is 55.5 Å². The van der Waals surface area contributed by atoms with Crippen LogP contribution in [-0.2, 0) is 9.59 Å². The van der Waals surface area contributed by atoms with E-state index in [-0.39, 0.29) is 23.7 Å². The number of nitrogens with one attached hydrogen (secondary N) is 2. The third-order valence-corrected chi connectivity index (χ3v) is 6.46. The second kappa shape index (κ2) is 6.36. The lowest BCUT2D eigenvalue weighted by molar-refractivity contribution is -0.160. The molecule has 0 radical (unpaired) electrons. The van der Waals surface area contributed by atoms with Crippen molar-refractivity contribution in [2.45, 2.75) is 44.2 Å². The van der Waals surface area contributed by atoms with Gasteiger partial charge in [-0.2, -0.15) is 0 Å². The van der Waals surface area contributed by atoms with Gasteiger partial charge in [-0.3, -0.25) is 9.59 Å². The maximum atomic E-state index is 13.3. The standard InChI is InChI=1S/C23H24N2O3/c1-14-7-6-8-15(13-14)24-21(26)20-19-16-9-2-3-11-18(16)28-23(25-22(20)27)12-5-4-10-17(19)23/h2-3,6-9,11,13,17,19-20H,4-5,10,12H2,1H3,(H,24,26)(H,25,27)/t17-,19-,20-,23+/m1/s1. The largest absolute Gasteiger partial charge is 0.467 e. The summed E-state index contributed by atoms with van der Waals surface area (Å²) in [4.78, 5) is 26.4. The number of anilines is 1. The van der Waals surface area contributed by atoms with Crippen molar-refractivity contribution in [3.8, 4) is 5.75 Å². The van der Waals surface area contributed by atoms with Crippen LogP contribution in [0.25, 0.3) is 0 Å². The van der Waals surface area contributed by atoms with Crippen LogP contribution >= 0.6 is 0 Å². The molecule has 5 nitrogen and oxygen atoms in total. The van der Waals surface area contributed by atoms with Gasteiger partial charge in [-0.1, -0.05) is 36.8 Å². The maximum absolute atomic E-state index is 13.3. The molecule has 2 aromatic rings. The predicted octanol–water partition coefficient (Wildman–Crippen LogP) is 3.74. The highest BCUT2D eigenvalue weighted by molar-refractivity contribution is 6.08. The minimum atomic E-state index is -0.762. The highest BCUT2D eigenvalue weighted by Gasteiger charge is 2.60. The number of aryl methyl sites for hydroxylation is 1. The van der Waals surface area contributed by atoms with Gasteiger partial charge in [0.05, 0.1) is 0 Å². The number of piperidine rings is 1. The van der Waals surface area contributed by atoms with Gasteiger partial charge in [0.25, 0.3) is 0 Å². The Morgan fingerprint density at radius 2 is 2.04 bits per heavy atom. The first-order valence-corrected chi connectivity index (χ1v) is 10.0. The van der Waals surface area contributed by atoms with Crippen molar-refractivity contribution in [1.29, 1.82) is 0 Å². The molecule has 2 aliphatic heterocycles. The molecule has 5 rings (SSSR count). The van der Waals surface area contributed by atoms with Crippen LogP contribution in [0.5, 0.6) is 5.75 Å². The Morgan fingerprint density at radius 3 is 2.89 bits per heavy atom. The van der Waals surface area contributed by atoms with Gasteiger partial charge in [-0.25, -0.2) is 0 Å². The number of hydrogen-bond donors (Lipinski definition) is 2. The SMILES string of the molecule is Cc1cccc(NC(=O)[C@@H]2C(=O)N[C@]34CCCC[C@@H]3[C@H]2c2ccccc2O4)c1. The number of carbonyl (C=O) groups excluding carboxylic acids is 2. The van der Waals surface area contributed by atoms with Gasteiger partial charge >= 0.3 is 0 Å². The van der Waals surface area contributed by atoms with E-state index >= 15 is 0 Å². The van der Waals surface area contributed by atoms with Crippen molar-refractivity contribution >= 4 is 17.5 Å². The van der Waals surface area contributed by atoms with Crippen molar-refractivity contribution in [2.24, 2.45) is 11.8 Å². The Morgan fingerprint density at radius 1 is 1.18 bits per heavy atom. The fraction of sp³-hybridized carbons (Fsp3) is 0.391. The topological polar surface area (TPSA) is 67.4 Å². The minimum Gasteiger partial charge on any atom is -0.467 e. The molecule has 4 atom stereocenters. The van der Waals surface area contributed by atoms with Crippen LogP contribution in [0.4, 0.5) is 5.69 Å². The molecule has 2 heterocycles. The molecule has 0 spiro atoms. The van der Waals surface area contributed by atoms with Crippen LogP contribution < -0.4 is 15.4 Å². The lowest BCUT2D eigenvalue weighted by Crippen LogP contribution is -2.69. The molecular formula is C23H24N2O3. The number of para-hydroxylation sites is 1. The van der Waals surface area contributed by atoms with Crippen LogP contribution in [0, 0.1) is 18.8 Å². The highest BCUT2D eigenvalue weighted by atomic mass is 16.5. The average Bonchev–Trinajstić information content (AvgIpc) is 2.67. The number of carbonyl (C=O) groups is 2. The van der Waals surface area contributed by atoms with E-state index in [9.17, 15) is 9.59 Å². The van der Waals surface area contributed by atoms with Crippen molar-refractivity contribution < 1.29 is 14.3 Å². The lowest BCUT2D eigenvalue weighted by Gasteiger charge is -2.55. The molecule has 0 unspecified atom stereocenters. The van der Waals surface area contributed by atoms with Crippen molar-refractivity contribution in [2.75, 3.05) is 5.32 Å². The predicted molar refractivity (Wildman–Crippen MR) is 106 cm³/mol. The highest BCUT2D eigenvalue weighted by Crippen LogP contribution is 2.55. The molecule has 2 bridgehead atoms. The van der Waals surface area contributed by atoms with E-state index in [2.05, 4.69) is 10.6 Å². The van der Waals surface area contributed by atoms with E-state index in [4.69, 9.17) is 4.74 Å². The summed E-state index contributed by atoms with van der Waals surface area (Å²) >= 11 is 0. The first-order chi connectivity index (χ1) is 13.6. The minimum absolute atomic E-state index is 0.113. The van der Waals surface area contributed by atoms with Crippen LogP contribution in [0.3, 0.4) is 0 Å². The summed E-state index contributed by atoms with van der Waals surface area (Å²) in [7, 11) is 0. The Bertz CT molecular complexity index is 956. The molecule has 3 aliphatic rings. The number of benzene rings is 2. The van der Waals surface area contributed by atoms with Crippen LogP contribution in [0.2, 0.25) is 0 Å². The molecule has 1 saturated carbocycles.